The Morgan fingerprint density at radius 2 is 2.29 bits per heavy atom. The summed E-state index contributed by atoms with van der Waals surface area (Å²) < 4.78 is 4.47. The third-order valence-electron chi connectivity index (χ3n) is 0.347. The first-order chi connectivity index (χ1) is 3.50. The third-order valence-corrected chi connectivity index (χ3v) is 0.347. The van der Waals surface area contributed by atoms with Crippen LogP contribution in [-0.2, 0) is 0 Å². The molecule has 1 aromatic heterocycles. The fourth-order valence-electron chi connectivity index (χ4n) is 0.176. The zero-order valence-corrected chi connectivity index (χ0v) is 4.03. The van der Waals surface area contributed by atoms with Crippen LogP contribution >= 0.6 is 0 Å². The molecule has 7 heavy (non-hydrogen) atoms. The van der Waals surface area contributed by atoms with Crippen molar-refractivity contribution in [1.82, 2.24) is 4.98 Å². The molecule has 1 aromatic rings. The Kier molecular flexibility index (Phi) is 4.56. The van der Waals surface area contributed by atoms with Gasteiger partial charge in [0.05, 0.1) is 6.20 Å². The van der Waals surface area contributed by atoms with Crippen molar-refractivity contribution in [3.05, 3.63) is 18.9 Å². The van der Waals surface area contributed by atoms with E-state index in [9.17, 15) is 0 Å². The first-order valence-corrected chi connectivity index (χ1v) is 1.77. The molecule has 1 N–H and O–H groups in total. The highest BCUT2D eigenvalue weighted by Crippen LogP contribution is 1.72. The molecule has 0 aliphatic rings. The summed E-state index contributed by atoms with van der Waals surface area (Å²) in [7, 11) is 1.00. The van der Waals surface area contributed by atoms with Crippen LogP contribution in [0.25, 0.3) is 0 Å². The monoisotopic (exact) mass is 101 g/mol. The molecule has 1 heterocycles. The van der Waals surface area contributed by atoms with Gasteiger partial charge in [-0.15, -0.1) is 0 Å². The van der Waals surface area contributed by atoms with Crippen LogP contribution in [0.3, 0.4) is 0 Å². The summed E-state index contributed by atoms with van der Waals surface area (Å²) in [5, 5.41) is 7.00. The standard InChI is InChI=1S/C3H3NO.CH4O/c1-2-5-3-4-1;1-2/h1-3H;2H,1H3. The van der Waals surface area contributed by atoms with E-state index in [1.807, 2.05) is 0 Å². The molecular formula is C4H7NO2. The van der Waals surface area contributed by atoms with Gasteiger partial charge < -0.3 is 9.52 Å². The van der Waals surface area contributed by atoms with Crippen molar-refractivity contribution < 1.29 is 9.52 Å². The molecule has 0 radical (unpaired) electrons. The highest BCUT2D eigenvalue weighted by molar-refractivity contribution is 4.56. The van der Waals surface area contributed by atoms with Crippen molar-refractivity contribution in [3.63, 3.8) is 0 Å². The molecule has 0 aliphatic heterocycles. The van der Waals surface area contributed by atoms with E-state index in [0.29, 0.717) is 0 Å². The molecule has 40 valence electrons. The molecule has 0 amide bonds. The van der Waals surface area contributed by atoms with Gasteiger partial charge in [0.25, 0.3) is 0 Å². The highest BCUT2D eigenvalue weighted by Gasteiger charge is 1.59. The second-order valence-corrected chi connectivity index (χ2v) is 0.676. The second-order valence-electron chi connectivity index (χ2n) is 0.676. The topological polar surface area (TPSA) is 46.3 Å². The zero-order valence-electron chi connectivity index (χ0n) is 4.03. The van der Waals surface area contributed by atoms with E-state index in [0.717, 1.165) is 7.11 Å². The van der Waals surface area contributed by atoms with Crippen LogP contribution in [0.1, 0.15) is 0 Å². The SMILES string of the molecule is CO.c1cocn1. The smallest absolute Gasteiger partial charge is 0.180 e. The van der Waals surface area contributed by atoms with E-state index >= 15 is 0 Å². The summed E-state index contributed by atoms with van der Waals surface area (Å²) in [6, 6.07) is 0. The van der Waals surface area contributed by atoms with Crippen molar-refractivity contribution in [1.29, 1.82) is 0 Å². The molecule has 0 aliphatic carbocycles. The first-order valence-electron chi connectivity index (χ1n) is 1.77. The number of oxazole rings is 1. The Morgan fingerprint density at radius 3 is 2.43 bits per heavy atom. The quantitative estimate of drug-likeness (QED) is 0.510. The Bertz CT molecular complexity index is 66.2. The molecule has 0 bridgehead atoms. The van der Waals surface area contributed by atoms with E-state index in [4.69, 9.17) is 5.11 Å². The molecule has 0 fully saturated rings. The first kappa shape index (κ1) is 6.17. The molecule has 0 spiro atoms. The number of aliphatic hydroxyl groups is 1. The van der Waals surface area contributed by atoms with Crippen molar-refractivity contribution in [2.75, 3.05) is 7.11 Å². The largest absolute Gasteiger partial charge is 0.452 e. The van der Waals surface area contributed by atoms with E-state index in [-0.39, 0.29) is 0 Å². The van der Waals surface area contributed by atoms with Gasteiger partial charge in [-0.05, 0) is 0 Å². The molecular weight excluding hydrogens is 94.0 g/mol. The number of aromatic nitrogens is 1. The number of aliphatic hydroxyl groups excluding tert-OH is 1. The number of rotatable bonds is 0. The van der Waals surface area contributed by atoms with Crippen LogP contribution in [0, 0.1) is 0 Å². The van der Waals surface area contributed by atoms with Crippen LogP contribution in [0.5, 0.6) is 0 Å². The predicted molar refractivity (Wildman–Crippen MR) is 24.6 cm³/mol. The number of hydrogen-bond acceptors (Lipinski definition) is 3. The lowest BCUT2D eigenvalue weighted by molar-refractivity contribution is 0.399. The molecule has 0 saturated heterocycles. The van der Waals surface area contributed by atoms with Crippen LogP contribution < -0.4 is 0 Å². The van der Waals surface area contributed by atoms with Gasteiger partial charge in [-0.3, -0.25) is 0 Å². The van der Waals surface area contributed by atoms with Gasteiger partial charge in [-0.1, -0.05) is 0 Å². The van der Waals surface area contributed by atoms with Crippen molar-refractivity contribution in [2.45, 2.75) is 0 Å². The Labute approximate surface area is 41.6 Å². The Morgan fingerprint density at radius 1 is 1.57 bits per heavy atom. The lowest BCUT2D eigenvalue weighted by Gasteiger charge is -1.47. The third kappa shape index (κ3) is 2.99. The van der Waals surface area contributed by atoms with Crippen LogP contribution in [0.4, 0.5) is 0 Å². The lowest BCUT2D eigenvalue weighted by Crippen LogP contribution is -1.38. The minimum Gasteiger partial charge on any atom is -0.452 e. The van der Waals surface area contributed by atoms with E-state index in [1.165, 1.54) is 12.7 Å². The van der Waals surface area contributed by atoms with E-state index in [1.54, 1.807) is 6.20 Å². The van der Waals surface area contributed by atoms with E-state index < -0.39 is 0 Å². The zero-order chi connectivity index (χ0) is 5.54. The van der Waals surface area contributed by atoms with Gasteiger partial charge in [0.2, 0.25) is 0 Å². The Hall–Kier alpha value is -0.830. The molecule has 1 rings (SSSR count). The van der Waals surface area contributed by atoms with Gasteiger partial charge in [0.15, 0.2) is 6.39 Å². The molecule has 0 aromatic carbocycles. The van der Waals surface area contributed by atoms with Crippen molar-refractivity contribution in [3.8, 4) is 0 Å². The maximum absolute atomic E-state index is 7.00. The average molecular weight is 101 g/mol. The second kappa shape index (κ2) is 5.17. The molecule has 0 unspecified atom stereocenters. The van der Waals surface area contributed by atoms with Crippen molar-refractivity contribution in [2.24, 2.45) is 0 Å². The van der Waals surface area contributed by atoms with E-state index in [2.05, 4.69) is 9.40 Å². The van der Waals surface area contributed by atoms with Crippen molar-refractivity contribution >= 4 is 0 Å². The Balaban J connectivity index is 0.000000162. The maximum Gasteiger partial charge on any atom is 0.180 e. The van der Waals surface area contributed by atoms with Gasteiger partial charge in [-0.25, -0.2) is 4.98 Å². The summed E-state index contributed by atoms with van der Waals surface area (Å²) in [5.74, 6) is 0. The fourth-order valence-corrected chi connectivity index (χ4v) is 0.176. The van der Waals surface area contributed by atoms with Gasteiger partial charge in [0.1, 0.15) is 6.26 Å². The summed E-state index contributed by atoms with van der Waals surface area (Å²) in [4.78, 5) is 3.56. The minimum atomic E-state index is 1.00. The fraction of sp³-hybridized carbons (Fsp3) is 0.250. The molecule has 0 atom stereocenters. The van der Waals surface area contributed by atoms with Crippen LogP contribution in [-0.4, -0.2) is 17.2 Å². The van der Waals surface area contributed by atoms with Gasteiger partial charge in [-0.2, -0.15) is 0 Å². The van der Waals surface area contributed by atoms with Gasteiger partial charge >= 0.3 is 0 Å². The summed E-state index contributed by atoms with van der Waals surface area (Å²) in [5.41, 5.74) is 0. The number of nitrogens with zero attached hydrogens (tertiary/aromatic N) is 1. The predicted octanol–water partition coefficient (Wildman–Crippen LogP) is 0.283. The summed E-state index contributed by atoms with van der Waals surface area (Å²) in [6.07, 6.45) is 4.47. The molecule has 3 nitrogen and oxygen atoms in total. The normalized spacial score (nSPS) is 6.57. The summed E-state index contributed by atoms with van der Waals surface area (Å²) >= 11 is 0. The highest BCUT2D eigenvalue weighted by atomic mass is 16.3. The summed E-state index contributed by atoms with van der Waals surface area (Å²) in [6.45, 7) is 0. The minimum absolute atomic E-state index is 1.00. The van der Waals surface area contributed by atoms with Crippen LogP contribution in [0.15, 0.2) is 23.3 Å². The molecule has 0 saturated carbocycles. The maximum atomic E-state index is 7.00. The lowest BCUT2D eigenvalue weighted by atomic mass is 11.0. The average Bonchev–Trinajstić information content (AvgIpc) is 2.23. The van der Waals surface area contributed by atoms with Gasteiger partial charge in [0, 0.05) is 7.11 Å². The number of hydrogen-bond donors (Lipinski definition) is 1. The molecule has 3 heteroatoms. The van der Waals surface area contributed by atoms with Crippen LogP contribution in [0.2, 0.25) is 0 Å².